The summed E-state index contributed by atoms with van der Waals surface area (Å²) >= 11 is 1.46. The molecule has 2 saturated heterocycles. The Hall–Kier alpha value is -2.60. The van der Waals surface area contributed by atoms with Gasteiger partial charge in [-0.25, -0.2) is 0 Å². The second kappa shape index (κ2) is 9.94. The summed E-state index contributed by atoms with van der Waals surface area (Å²) in [5, 5.41) is 1.91. The number of benzene rings is 1. The van der Waals surface area contributed by atoms with Gasteiger partial charge in [0.1, 0.15) is 0 Å². The lowest BCUT2D eigenvalue weighted by Gasteiger charge is -2.34. The summed E-state index contributed by atoms with van der Waals surface area (Å²) < 4.78 is 0. The first kappa shape index (κ1) is 20.7. The first-order valence-corrected chi connectivity index (χ1v) is 11.7. The van der Waals surface area contributed by atoms with Crippen molar-refractivity contribution in [2.75, 3.05) is 44.2 Å². The molecule has 5 nitrogen and oxygen atoms in total. The van der Waals surface area contributed by atoms with Crippen molar-refractivity contribution >= 4 is 34.9 Å². The zero-order valence-electron chi connectivity index (χ0n) is 17.3. The van der Waals surface area contributed by atoms with Crippen LogP contribution >= 0.6 is 11.3 Å². The molecule has 2 fully saturated rings. The number of thiophene rings is 1. The van der Waals surface area contributed by atoms with Crippen LogP contribution in [0.15, 0.2) is 47.9 Å². The average Bonchev–Trinajstić information content (AvgIpc) is 3.20. The highest BCUT2D eigenvalue weighted by atomic mass is 32.1. The lowest BCUT2D eigenvalue weighted by atomic mass is 10.1. The van der Waals surface area contributed by atoms with Crippen molar-refractivity contribution in [3.63, 3.8) is 0 Å². The van der Waals surface area contributed by atoms with Crippen LogP contribution in [0.3, 0.4) is 0 Å². The lowest BCUT2D eigenvalue weighted by molar-refractivity contribution is -0.127. The minimum atomic E-state index is 0.00909. The molecular formula is C24H29N3O2S. The first-order chi connectivity index (χ1) is 14.7. The molecule has 2 aliphatic rings. The summed E-state index contributed by atoms with van der Waals surface area (Å²) in [7, 11) is 0. The van der Waals surface area contributed by atoms with Gasteiger partial charge < -0.3 is 14.7 Å². The highest BCUT2D eigenvalue weighted by Crippen LogP contribution is 2.20. The lowest BCUT2D eigenvalue weighted by Crippen LogP contribution is -2.50. The smallest absolute Gasteiger partial charge is 0.264 e. The van der Waals surface area contributed by atoms with Gasteiger partial charge in [0, 0.05) is 51.0 Å². The van der Waals surface area contributed by atoms with Crippen LogP contribution in [0.2, 0.25) is 0 Å². The summed E-state index contributed by atoms with van der Waals surface area (Å²) in [6, 6.07) is 12.2. The number of amides is 2. The summed E-state index contributed by atoms with van der Waals surface area (Å²) in [6.45, 7) is 4.59. The number of anilines is 1. The fourth-order valence-corrected chi connectivity index (χ4v) is 4.77. The maximum atomic E-state index is 12.6. The predicted octanol–water partition coefficient (Wildman–Crippen LogP) is 4.13. The number of piperazine rings is 1. The molecule has 30 heavy (non-hydrogen) atoms. The molecule has 0 bridgehead atoms. The first-order valence-electron chi connectivity index (χ1n) is 10.9. The Bertz CT molecular complexity index is 860. The molecule has 4 rings (SSSR count). The molecule has 0 aliphatic carbocycles. The Labute approximate surface area is 182 Å². The van der Waals surface area contributed by atoms with Crippen molar-refractivity contribution in [2.45, 2.75) is 25.7 Å². The molecule has 2 amide bonds. The minimum absolute atomic E-state index is 0.00909. The molecule has 0 unspecified atom stereocenters. The summed E-state index contributed by atoms with van der Waals surface area (Å²) in [4.78, 5) is 31.9. The van der Waals surface area contributed by atoms with Gasteiger partial charge >= 0.3 is 0 Å². The Morgan fingerprint density at radius 1 is 0.800 bits per heavy atom. The molecule has 1 aromatic heterocycles. The Kier molecular flexibility index (Phi) is 6.84. The molecule has 158 valence electrons. The zero-order valence-corrected chi connectivity index (χ0v) is 18.2. The number of hydrogen-bond acceptors (Lipinski definition) is 4. The molecule has 0 atom stereocenters. The second-order valence-electron chi connectivity index (χ2n) is 7.92. The van der Waals surface area contributed by atoms with E-state index in [0.29, 0.717) is 26.2 Å². The van der Waals surface area contributed by atoms with Gasteiger partial charge in [0.2, 0.25) is 5.91 Å². The normalized spacial score (nSPS) is 17.9. The van der Waals surface area contributed by atoms with Crippen LogP contribution in [0.4, 0.5) is 5.69 Å². The van der Waals surface area contributed by atoms with Gasteiger partial charge in [0.15, 0.2) is 0 Å². The fourth-order valence-electron chi connectivity index (χ4n) is 4.08. The SMILES string of the molecule is O=C(/C=C/c1ccc(N2CCCCCC2)cc1)N1CCN(C(=O)c2cccs2)CC1. The summed E-state index contributed by atoms with van der Waals surface area (Å²) in [5.74, 6) is 0.0759. The Balaban J connectivity index is 1.28. The number of carbonyl (C=O) groups excluding carboxylic acids is 2. The van der Waals surface area contributed by atoms with Crippen LogP contribution in [-0.4, -0.2) is 60.9 Å². The standard InChI is InChI=1S/C24H29N3O2S/c28-23(26-15-17-27(18-16-26)24(29)22-6-5-19-30-22)12-9-20-7-10-21(11-8-20)25-13-3-1-2-4-14-25/h5-12,19H,1-4,13-18H2/b12-9+. The van der Waals surface area contributed by atoms with E-state index in [2.05, 4.69) is 29.2 Å². The molecule has 1 aromatic carbocycles. The molecule has 2 aliphatic heterocycles. The van der Waals surface area contributed by atoms with E-state index < -0.39 is 0 Å². The van der Waals surface area contributed by atoms with Crippen LogP contribution in [0.1, 0.15) is 40.9 Å². The van der Waals surface area contributed by atoms with Crippen LogP contribution in [0, 0.1) is 0 Å². The third-order valence-electron chi connectivity index (χ3n) is 5.89. The van der Waals surface area contributed by atoms with Gasteiger partial charge in [-0.1, -0.05) is 31.0 Å². The molecule has 2 aromatic rings. The molecule has 0 saturated carbocycles. The monoisotopic (exact) mass is 423 g/mol. The fraction of sp³-hybridized carbons (Fsp3) is 0.417. The zero-order chi connectivity index (χ0) is 20.8. The quantitative estimate of drug-likeness (QED) is 0.695. The molecule has 0 N–H and O–H groups in total. The van der Waals surface area contributed by atoms with Crippen LogP contribution in [0.25, 0.3) is 6.08 Å². The number of nitrogens with zero attached hydrogens (tertiary/aromatic N) is 3. The average molecular weight is 424 g/mol. The van der Waals surface area contributed by atoms with Crippen LogP contribution in [0.5, 0.6) is 0 Å². The highest BCUT2D eigenvalue weighted by Gasteiger charge is 2.24. The highest BCUT2D eigenvalue weighted by molar-refractivity contribution is 7.12. The number of rotatable bonds is 4. The molecule has 0 spiro atoms. The maximum Gasteiger partial charge on any atom is 0.264 e. The van der Waals surface area contributed by atoms with Crippen molar-refractivity contribution in [1.82, 2.24) is 9.80 Å². The van der Waals surface area contributed by atoms with Crippen molar-refractivity contribution in [1.29, 1.82) is 0 Å². The van der Waals surface area contributed by atoms with Crippen molar-refractivity contribution in [3.05, 3.63) is 58.3 Å². The third kappa shape index (κ3) is 5.11. The van der Waals surface area contributed by atoms with E-state index in [-0.39, 0.29) is 11.8 Å². The van der Waals surface area contributed by atoms with Gasteiger partial charge in [-0.05, 0) is 48.1 Å². The largest absolute Gasteiger partial charge is 0.372 e. The van der Waals surface area contributed by atoms with Gasteiger partial charge in [0.25, 0.3) is 5.91 Å². The van der Waals surface area contributed by atoms with E-state index in [1.165, 1.54) is 42.7 Å². The second-order valence-corrected chi connectivity index (χ2v) is 8.87. The van der Waals surface area contributed by atoms with E-state index in [9.17, 15) is 9.59 Å². The predicted molar refractivity (Wildman–Crippen MR) is 123 cm³/mol. The maximum absolute atomic E-state index is 12.6. The topological polar surface area (TPSA) is 43.9 Å². The van der Waals surface area contributed by atoms with E-state index in [1.807, 2.05) is 33.4 Å². The molecule has 6 heteroatoms. The third-order valence-corrected chi connectivity index (χ3v) is 6.75. The molecular weight excluding hydrogens is 394 g/mol. The molecule has 3 heterocycles. The van der Waals surface area contributed by atoms with Crippen LogP contribution < -0.4 is 4.90 Å². The summed E-state index contributed by atoms with van der Waals surface area (Å²) in [5.41, 5.74) is 2.31. The van der Waals surface area contributed by atoms with Crippen LogP contribution in [-0.2, 0) is 4.79 Å². The van der Waals surface area contributed by atoms with Gasteiger partial charge in [-0.3, -0.25) is 9.59 Å². The van der Waals surface area contributed by atoms with Crippen molar-refractivity contribution in [2.24, 2.45) is 0 Å². The van der Waals surface area contributed by atoms with Gasteiger partial charge in [0.05, 0.1) is 4.88 Å². The van der Waals surface area contributed by atoms with Crippen molar-refractivity contribution < 1.29 is 9.59 Å². The Morgan fingerprint density at radius 2 is 1.47 bits per heavy atom. The van der Waals surface area contributed by atoms with E-state index in [0.717, 1.165) is 23.5 Å². The minimum Gasteiger partial charge on any atom is -0.372 e. The van der Waals surface area contributed by atoms with E-state index in [4.69, 9.17) is 0 Å². The summed E-state index contributed by atoms with van der Waals surface area (Å²) in [6.07, 6.45) is 8.73. The number of hydrogen-bond donors (Lipinski definition) is 0. The van der Waals surface area contributed by atoms with E-state index in [1.54, 1.807) is 6.08 Å². The van der Waals surface area contributed by atoms with Gasteiger partial charge in [-0.15, -0.1) is 11.3 Å². The Morgan fingerprint density at radius 3 is 2.10 bits per heavy atom. The van der Waals surface area contributed by atoms with Gasteiger partial charge in [-0.2, -0.15) is 0 Å². The molecule has 0 radical (unpaired) electrons. The van der Waals surface area contributed by atoms with Crippen molar-refractivity contribution in [3.8, 4) is 0 Å². The van der Waals surface area contributed by atoms with E-state index >= 15 is 0 Å². The number of carbonyl (C=O) groups is 2.